The quantitative estimate of drug-likeness (QED) is 0.745. The molecule has 0 aliphatic carbocycles. The maximum absolute atomic E-state index is 12.5. The summed E-state index contributed by atoms with van der Waals surface area (Å²) in [6.07, 6.45) is 2.63. The fourth-order valence-electron chi connectivity index (χ4n) is 2.53. The Hall–Kier alpha value is -3.29. The van der Waals surface area contributed by atoms with Crippen LogP contribution in [-0.2, 0) is 16.8 Å². The summed E-state index contributed by atoms with van der Waals surface area (Å²) in [6.45, 7) is 6.04. The highest BCUT2D eigenvalue weighted by Crippen LogP contribution is 2.23. The third-order valence-electron chi connectivity index (χ3n) is 3.95. The minimum Gasteiger partial charge on any atom is -0.480 e. The molecule has 8 nitrogen and oxygen atoms in total. The number of aliphatic carboxylic acids is 1. The van der Waals surface area contributed by atoms with Crippen molar-refractivity contribution in [1.82, 2.24) is 19.5 Å². The van der Waals surface area contributed by atoms with Gasteiger partial charge in [-0.25, -0.2) is 15.0 Å². The van der Waals surface area contributed by atoms with Gasteiger partial charge in [0.2, 0.25) is 0 Å². The number of carbonyl (C=O) groups is 2. The molecule has 0 radical (unpaired) electrons. The zero-order valence-corrected chi connectivity index (χ0v) is 14.7. The lowest BCUT2D eigenvalue weighted by atomic mass is 9.87. The van der Waals surface area contributed by atoms with Crippen LogP contribution in [0.4, 0.5) is 5.82 Å². The Kier molecular flexibility index (Phi) is 4.41. The van der Waals surface area contributed by atoms with Crippen LogP contribution in [0.25, 0.3) is 11.2 Å². The van der Waals surface area contributed by atoms with Crippen molar-refractivity contribution < 1.29 is 14.7 Å². The van der Waals surface area contributed by atoms with Gasteiger partial charge in [0.05, 0.1) is 6.33 Å². The van der Waals surface area contributed by atoms with E-state index < -0.39 is 5.97 Å². The van der Waals surface area contributed by atoms with Crippen LogP contribution in [-0.4, -0.2) is 36.5 Å². The van der Waals surface area contributed by atoms with Crippen LogP contribution in [0.1, 0.15) is 36.7 Å². The Morgan fingerprint density at radius 2 is 1.81 bits per heavy atom. The molecule has 2 heterocycles. The molecule has 2 aromatic heterocycles. The predicted octanol–water partition coefficient (Wildman–Crippen LogP) is 2.46. The van der Waals surface area contributed by atoms with Crippen LogP contribution in [0.15, 0.2) is 36.9 Å². The number of aromatic nitrogens is 4. The lowest BCUT2D eigenvalue weighted by molar-refractivity contribution is -0.137. The lowest BCUT2D eigenvalue weighted by Gasteiger charge is -2.19. The van der Waals surface area contributed by atoms with Gasteiger partial charge in [0, 0.05) is 5.56 Å². The number of anilines is 1. The van der Waals surface area contributed by atoms with E-state index in [1.54, 1.807) is 12.1 Å². The number of carboxylic acid groups (broad SMARTS) is 1. The molecule has 0 atom stereocenters. The van der Waals surface area contributed by atoms with Crippen LogP contribution in [0.3, 0.4) is 0 Å². The second kappa shape index (κ2) is 6.55. The SMILES string of the molecule is CC(C)(C)c1ccc(C(=O)Nc2ncnc3c2ncn3CC(=O)O)cc1. The molecule has 0 spiro atoms. The van der Waals surface area contributed by atoms with Gasteiger partial charge in [-0.1, -0.05) is 32.9 Å². The fourth-order valence-corrected chi connectivity index (χ4v) is 2.53. The molecule has 0 aliphatic heterocycles. The summed E-state index contributed by atoms with van der Waals surface area (Å²) in [4.78, 5) is 35.6. The molecule has 2 N–H and O–H groups in total. The van der Waals surface area contributed by atoms with Crippen LogP contribution in [0, 0.1) is 0 Å². The van der Waals surface area contributed by atoms with Crippen molar-refractivity contribution in [1.29, 1.82) is 0 Å². The van der Waals surface area contributed by atoms with Crippen molar-refractivity contribution in [3.8, 4) is 0 Å². The van der Waals surface area contributed by atoms with Crippen LogP contribution >= 0.6 is 0 Å². The molecule has 0 aliphatic rings. The predicted molar refractivity (Wildman–Crippen MR) is 96.1 cm³/mol. The third-order valence-corrected chi connectivity index (χ3v) is 3.95. The van der Waals surface area contributed by atoms with Gasteiger partial charge in [-0.15, -0.1) is 0 Å². The summed E-state index contributed by atoms with van der Waals surface area (Å²) in [5, 5.41) is 11.6. The van der Waals surface area contributed by atoms with E-state index in [2.05, 4.69) is 41.0 Å². The molecule has 3 rings (SSSR count). The van der Waals surface area contributed by atoms with E-state index in [1.807, 2.05) is 12.1 Å². The van der Waals surface area contributed by atoms with E-state index in [1.165, 1.54) is 17.2 Å². The van der Waals surface area contributed by atoms with Crippen molar-refractivity contribution in [2.75, 3.05) is 5.32 Å². The maximum Gasteiger partial charge on any atom is 0.323 e. The maximum atomic E-state index is 12.5. The first kappa shape index (κ1) is 17.5. The highest BCUT2D eigenvalue weighted by Gasteiger charge is 2.17. The number of hydrogen-bond acceptors (Lipinski definition) is 5. The van der Waals surface area contributed by atoms with E-state index in [4.69, 9.17) is 5.11 Å². The average Bonchev–Trinajstić information content (AvgIpc) is 2.97. The number of carboxylic acids is 1. The smallest absolute Gasteiger partial charge is 0.323 e. The van der Waals surface area contributed by atoms with E-state index in [0.717, 1.165) is 5.56 Å². The number of benzene rings is 1. The van der Waals surface area contributed by atoms with Crippen LogP contribution in [0.5, 0.6) is 0 Å². The number of nitrogens with zero attached hydrogens (tertiary/aromatic N) is 4. The standard InChI is InChI=1S/C18H19N5O3/c1-18(2,3)12-6-4-11(5-7-12)17(26)22-15-14-16(20-9-19-15)23(10-21-14)8-13(24)25/h4-7,9-10H,8H2,1-3H3,(H,24,25)(H,19,20,22,26). The summed E-state index contributed by atoms with van der Waals surface area (Å²) in [5.74, 6) is -1.09. The van der Waals surface area contributed by atoms with E-state index in [9.17, 15) is 9.59 Å². The molecular formula is C18H19N5O3. The number of nitrogens with one attached hydrogen (secondary N) is 1. The van der Waals surface area contributed by atoms with E-state index >= 15 is 0 Å². The summed E-state index contributed by atoms with van der Waals surface area (Å²) in [6, 6.07) is 7.37. The summed E-state index contributed by atoms with van der Waals surface area (Å²) in [5.41, 5.74) is 2.32. The van der Waals surface area contributed by atoms with Crippen molar-refractivity contribution in [3.63, 3.8) is 0 Å². The third kappa shape index (κ3) is 3.53. The Morgan fingerprint density at radius 1 is 1.12 bits per heavy atom. The van der Waals surface area contributed by atoms with Gasteiger partial charge in [0.1, 0.15) is 12.9 Å². The molecule has 134 valence electrons. The van der Waals surface area contributed by atoms with Crippen molar-refractivity contribution in [2.24, 2.45) is 0 Å². The fraction of sp³-hybridized carbons (Fsp3) is 0.278. The first-order valence-electron chi connectivity index (χ1n) is 8.05. The molecule has 1 aromatic carbocycles. The molecule has 0 bridgehead atoms. The van der Waals surface area contributed by atoms with Gasteiger partial charge in [0.25, 0.3) is 5.91 Å². The molecule has 0 unspecified atom stereocenters. The highest BCUT2D eigenvalue weighted by molar-refractivity contribution is 6.06. The summed E-state index contributed by atoms with van der Waals surface area (Å²) in [7, 11) is 0. The van der Waals surface area contributed by atoms with Crippen LogP contribution < -0.4 is 5.32 Å². The van der Waals surface area contributed by atoms with Gasteiger partial charge in [0.15, 0.2) is 17.0 Å². The minimum atomic E-state index is -1.01. The molecule has 26 heavy (non-hydrogen) atoms. The molecular weight excluding hydrogens is 334 g/mol. The minimum absolute atomic E-state index is 0.00476. The Balaban J connectivity index is 1.85. The molecule has 0 fully saturated rings. The zero-order chi connectivity index (χ0) is 18.9. The van der Waals surface area contributed by atoms with Crippen LogP contribution in [0.2, 0.25) is 0 Å². The Bertz CT molecular complexity index is 971. The first-order valence-corrected chi connectivity index (χ1v) is 8.05. The largest absolute Gasteiger partial charge is 0.480 e. The monoisotopic (exact) mass is 353 g/mol. The topological polar surface area (TPSA) is 110 Å². The number of imidazole rings is 1. The number of rotatable bonds is 4. The van der Waals surface area contributed by atoms with Crippen molar-refractivity contribution in [2.45, 2.75) is 32.7 Å². The normalized spacial score (nSPS) is 11.5. The van der Waals surface area contributed by atoms with E-state index in [0.29, 0.717) is 16.7 Å². The Labute approximate surface area is 149 Å². The van der Waals surface area contributed by atoms with Gasteiger partial charge in [-0.3, -0.25) is 9.59 Å². The highest BCUT2D eigenvalue weighted by atomic mass is 16.4. The first-order chi connectivity index (χ1) is 12.3. The lowest BCUT2D eigenvalue weighted by Crippen LogP contribution is -2.15. The van der Waals surface area contributed by atoms with Gasteiger partial charge in [-0.2, -0.15) is 0 Å². The van der Waals surface area contributed by atoms with Gasteiger partial charge >= 0.3 is 5.97 Å². The number of carbonyl (C=O) groups excluding carboxylic acids is 1. The van der Waals surface area contributed by atoms with Gasteiger partial charge < -0.3 is 15.0 Å². The zero-order valence-electron chi connectivity index (χ0n) is 14.7. The second-order valence-corrected chi connectivity index (χ2v) is 6.94. The molecule has 1 amide bonds. The Morgan fingerprint density at radius 3 is 2.42 bits per heavy atom. The molecule has 0 saturated heterocycles. The molecule has 3 aromatic rings. The van der Waals surface area contributed by atoms with Crippen molar-refractivity contribution >= 4 is 28.9 Å². The summed E-state index contributed by atoms with van der Waals surface area (Å²) >= 11 is 0. The number of amides is 1. The second-order valence-electron chi connectivity index (χ2n) is 6.94. The van der Waals surface area contributed by atoms with Crippen molar-refractivity contribution in [3.05, 3.63) is 48.0 Å². The van der Waals surface area contributed by atoms with Gasteiger partial charge in [-0.05, 0) is 23.1 Å². The summed E-state index contributed by atoms with van der Waals surface area (Å²) < 4.78 is 1.38. The molecule has 0 saturated carbocycles. The number of hydrogen-bond donors (Lipinski definition) is 2. The number of fused-ring (bicyclic) bond motifs is 1. The average molecular weight is 353 g/mol. The van der Waals surface area contributed by atoms with E-state index in [-0.39, 0.29) is 23.7 Å². The molecule has 8 heteroatoms.